The summed E-state index contributed by atoms with van der Waals surface area (Å²) < 4.78 is 0. The highest BCUT2D eigenvalue weighted by Gasteiger charge is 2.46. The molecule has 4 amide bonds. The molecular formula is C36H37N5O4S. The third-order valence-corrected chi connectivity index (χ3v) is 10.2. The number of amides is 4. The zero-order valence-corrected chi connectivity index (χ0v) is 26.7. The molecule has 236 valence electrons. The Morgan fingerprint density at radius 2 is 1.76 bits per heavy atom. The van der Waals surface area contributed by atoms with E-state index in [1.807, 2.05) is 12.1 Å². The van der Waals surface area contributed by atoms with E-state index in [1.165, 1.54) is 24.2 Å². The van der Waals surface area contributed by atoms with E-state index in [-0.39, 0.29) is 35.9 Å². The first-order chi connectivity index (χ1) is 22.3. The van der Waals surface area contributed by atoms with Gasteiger partial charge in [0.05, 0.1) is 23.4 Å². The van der Waals surface area contributed by atoms with E-state index in [1.54, 1.807) is 29.2 Å². The second-order valence-corrected chi connectivity index (χ2v) is 13.3. The summed E-state index contributed by atoms with van der Waals surface area (Å²) in [5.41, 5.74) is 4.77. The van der Waals surface area contributed by atoms with Gasteiger partial charge in [-0.2, -0.15) is 5.26 Å². The molecule has 2 aromatic carbocycles. The SMILES string of the molecule is CC(=O)Nc1ccc(N2C(=O)C[C@H](N(C(=O)CSc3nc4c(cc3C#N)C[C@H](c3ccccc3)CC4)C3CCCCC3)C2=O)cc1. The molecule has 0 unspecified atom stereocenters. The summed E-state index contributed by atoms with van der Waals surface area (Å²) in [4.78, 5) is 60.1. The number of hydrogen-bond acceptors (Lipinski definition) is 7. The molecule has 9 nitrogen and oxygen atoms in total. The number of pyridine rings is 1. The maximum atomic E-state index is 14.0. The van der Waals surface area contributed by atoms with Gasteiger partial charge < -0.3 is 10.2 Å². The lowest BCUT2D eigenvalue weighted by Gasteiger charge is -2.37. The van der Waals surface area contributed by atoms with Crippen molar-refractivity contribution in [1.82, 2.24) is 9.88 Å². The Labute approximate surface area is 273 Å². The third-order valence-electron chi connectivity index (χ3n) is 9.24. The fourth-order valence-corrected chi connectivity index (χ4v) is 7.89. The average molecular weight is 636 g/mol. The monoisotopic (exact) mass is 635 g/mol. The molecule has 2 heterocycles. The van der Waals surface area contributed by atoms with Crippen LogP contribution in [0.15, 0.2) is 65.7 Å². The molecule has 1 saturated carbocycles. The van der Waals surface area contributed by atoms with Crippen LogP contribution < -0.4 is 10.2 Å². The second-order valence-electron chi connectivity index (χ2n) is 12.3. The Morgan fingerprint density at radius 3 is 2.46 bits per heavy atom. The summed E-state index contributed by atoms with van der Waals surface area (Å²) in [5.74, 6) is -0.817. The lowest BCUT2D eigenvalue weighted by atomic mass is 9.82. The Morgan fingerprint density at radius 1 is 1.02 bits per heavy atom. The van der Waals surface area contributed by atoms with Crippen molar-refractivity contribution in [1.29, 1.82) is 5.26 Å². The summed E-state index contributed by atoms with van der Waals surface area (Å²) >= 11 is 1.24. The number of fused-ring (bicyclic) bond motifs is 1. The Balaban J connectivity index is 1.19. The van der Waals surface area contributed by atoms with Gasteiger partial charge in [-0.15, -0.1) is 0 Å². The van der Waals surface area contributed by atoms with Gasteiger partial charge in [0.2, 0.25) is 17.7 Å². The van der Waals surface area contributed by atoms with Crippen LogP contribution in [0, 0.1) is 11.3 Å². The number of benzene rings is 2. The predicted molar refractivity (Wildman–Crippen MR) is 176 cm³/mol. The molecule has 0 bridgehead atoms. The first-order valence-corrected chi connectivity index (χ1v) is 17.0. The molecule has 1 aromatic heterocycles. The van der Waals surface area contributed by atoms with Crippen molar-refractivity contribution >= 4 is 46.8 Å². The highest BCUT2D eigenvalue weighted by molar-refractivity contribution is 8.00. The number of nitrogens with zero attached hydrogens (tertiary/aromatic N) is 4. The molecule has 2 atom stereocenters. The lowest BCUT2D eigenvalue weighted by molar-refractivity contribution is -0.139. The van der Waals surface area contributed by atoms with Crippen LogP contribution in [-0.4, -0.2) is 51.3 Å². The Bertz CT molecular complexity index is 1680. The smallest absolute Gasteiger partial charge is 0.257 e. The highest BCUT2D eigenvalue weighted by atomic mass is 32.2. The molecule has 0 spiro atoms. The zero-order chi connectivity index (χ0) is 32.2. The topological polar surface area (TPSA) is 123 Å². The number of nitriles is 1. The minimum absolute atomic E-state index is 0.0208. The quantitative estimate of drug-likeness (QED) is 0.246. The van der Waals surface area contributed by atoms with E-state index in [9.17, 15) is 24.4 Å². The van der Waals surface area contributed by atoms with E-state index in [2.05, 4.69) is 35.7 Å². The minimum Gasteiger partial charge on any atom is -0.326 e. The number of imide groups is 1. The molecule has 1 saturated heterocycles. The normalized spacial score (nSPS) is 19.8. The summed E-state index contributed by atoms with van der Waals surface area (Å²) in [5, 5.41) is 13.2. The second kappa shape index (κ2) is 13.9. The van der Waals surface area contributed by atoms with Gasteiger partial charge in [-0.3, -0.25) is 19.2 Å². The number of aryl methyl sites for hydroxylation is 1. The molecule has 46 heavy (non-hydrogen) atoms. The van der Waals surface area contributed by atoms with Crippen LogP contribution >= 0.6 is 11.8 Å². The van der Waals surface area contributed by atoms with Gasteiger partial charge in [0, 0.05) is 24.3 Å². The number of nitrogens with one attached hydrogen (secondary N) is 1. The van der Waals surface area contributed by atoms with Gasteiger partial charge in [0.25, 0.3) is 5.91 Å². The van der Waals surface area contributed by atoms with Crippen LogP contribution in [-0.2, 0) is 32.0 Å². The van der Waals surface area contributed by atoms with Crippen molar-refractivity contribution in [2.75, 3.05) is 16.0 Å². The van der Waals surface area contributed by atoms with Crippen LogP contribution in [0.25, 0.3) is 0 Å². The van der Waals surface area contributed by atoms with Gasteiger partial charge in [-0.25, -0.2) is 9.88 Å². The number of carbonyl (C=O) groups excluding carboxylic acids is 4. The van der Waals surface area contributed by atoms with Gasteiger partial charge in [0.15, 0.2) is 0 Å². The van der Waals surface area contributed by atoms with E-state index >= 15 is 0 Å². The Kier molecular flexibility index (Phi) is 9.50. The average Bonchev–Trinajstić information content (AvgIpc) is 3.36. The maximum absolute atomic E-state index is 14.0. The summed E-state index contributed by atoms with van der Waals surface area (Å²) in [6.07, 6.45) is 7.07. The lowest BCUT2D eigenvalue weighted by Crippen LogP contribution is -2.52. The fourth-order valence-electron chi connectivity index (χ4n) is 7.04. The Hall–Kier alpha value is -4.49. The summed E-state index contributed by atoms with van der Waals surface area (Å²) in [6.45, 7) is 1.41. The maximum Gasteiger partial charge on any atom is 0.257 e. The van der Waals surface area contributed by atoms with Crippen molar-refractivity contribution in [3.63, 3.8) is 0 Å². The molecule has 2 fully saturated rings. The third kappa shape index (κ3) is 6.70. The predicted octanol–water partition coefficient (Wildman–Crippen LogP) is 5.77. The van der Waals surface area contributed by atoms with Crippen LogP contribution in [0.5, 0.6) is 0 Å². The number of hydrogen-bond donors (Lipinski definition) is 1. The van der Waals surface area contributed by atoms with Crippen molar-refractivity contribution in [3.8, 4) is 6.07 Å². The summed E-state index contributed by atoms with van der Waals surface area (Å²) in [7, 11) is 0. The molecule has 6 rings (SSSR count). The number of thioether (sulfide) groups is 1. The number of carbonyl (C=O) groups is 4. The van der Waals surface area contributed by atoms with E-state index in [0.29, 0.717) is 27.9 Å². The first kappa shape index (κ1) is 31.5. The largest absolute Gasteiger partial charge is 0.326 e. The van der Waals surface area contributed by atoms with Crippen LogP contribution in [0.3, 0.4) is 0 Å². The number of rotatable bonds is 8. The fraction of sp³-hybridized carbons (Fsp3) is 0.389. The standard InChI is InChI=1S/C36H37N5O4S/c1-23(42)38-28-13-15-30(16-14-28)41-33(43)20-32(36(41)45)40(29-10-6-3-7-11-29)34(44)22-46-35-27(21-37)19-26-18-25(12-17-31(26)39-35)24-8-4-2-5-9-24/h2,4-5,8-9,13-16,19,25,29,32H,3,6-7,10-12,17-18,20,22H2,1H3,(H,38,42)/t25-,32+/m1/s1. The molecule has 3 aromatic rings. The van der Waals surface area contributed by atoms with Crippen LogP contribution in [0.4, 0.5) is 11.4 Å². The molecule has 1 N–H and O–H groups in total. The van der Waals surface area contributed by atoms with E-state index in [4.69, 9.17) is 4.98 Å². The van der Waals surface area contributed by atoms with E-state index in [0.717, 1.165) is 67.5 Å². The molecule has 10 heteroatoms. The van der Waals surface area contributed by atoms with Gasteiger partial charge in [-0.1, -0.05) is 61.4 Å². The molecule has 1 aliphatic heterocycles. The summed E-state index contributed by atoms with van der Waals surface area (Å²) in [6, 6.07) is 20.1. The van der Waals surface area contributed by atoms with Crippen molar-refractivity contribution < 1.29 is 19.2 Å². The molecule has 3 aliphatic rings. The van der Waals surface area contributed by atoms with Gasteiger partial charge >= 0.3 is 0 Å². The zero-order valence-electron chi connectivity index (χ0n) is 25.9. The van der Waals surface area contributed by atoms with Gasteiger partial charge in [0.1, 0.15) is 17.1 Å². The van der Waals surface area contributed by atoms with E-state index < -0.39 is 11.9 Å². The molecular weight excluding hydrogens is 598 g/mol. The highest BCUT2D eigenvalue weighted by Crippen LogP contribution is 2.36. The molecule has 2 aliphatic carbocycles. The molecule has 0 radical (unpaired) electrons. The number of anilines is 2. The van der Waals surface area contributed by atoms with Crippen LogP contribution in [0.2, 0.25) is 0 Å². The van der Waals surface area contributed by atoms with Crippen LogP contribution in [0.1, 0.15) is 80.2 Å². The van der Waals surface area contributed by atoms with Crippen molar-refractivity contribution in [3.05, 3.63) is 83.0 Å². The minimum atomic E-state index is -0.888. The van der Waals surface area contributed by atoms with Crippen molar-refractivity contribution in [2.24, 2.45) is 0 Å². The first-order valence-electron chi connectivity index (χ1n) is 16.0. The van der Waals surface area contributed by atoms with Gasteiger partial charge in [-0.05, 0) is 79.5 Å². The van der Waals surface area contributed by atoms with Crippen molar-refractivity contribution in [2.45, 2.75) is 87.7 Å². The number of aromatic nitrogens is 1.